The predicted molar refractivity (Wildman–Crippen MR) is 57.4 cm³/mol. The average Bonchev–Trinajstić information content (AvgIpc) is 2.39. The summed E-state index contributed by atoms with van der Waals surface area (Å²) in [4.78, 5) is 11.7. The fraction of sp³-hybridized carbons (Fsp3) is 0.900. The molecule has 0 aromatic carbocycles. The zero-order valence-electron chi connectivity index (χ0n) is 7.69. The average molecular weight is 278 g/mol. The van der Waals surface area contributed by atoms with Crippen LogP contribution in [0.5, 0.6) is 0 Å². The van der Waals surface area contributed by atoms with Gasteiger partial charge in [-0.15, -0.1) is 0 Å². The molecule has 2 saturated carbocycles. The van der Waals surface area contributed by atoms with E-state index in [-0.39, 0.29) is 5.41 Å². The number of fused-ring (bicyclic) bond motifs is 2. The number of hydrogen-bond donors (Lipinski definition) is 0. The van der Waals surface area contributed by atoms with E-state index in [0.29, 0.717) is 17.1 Å². The van der Waals surface area contributed by atoms with Crippen molar-refractivity contribution in [1.29, 1.82) is 0 Å². The van der Waals surface area contributed by atoms with Crippen LogP contribution in [-0.4, -0.2) is 10.2 Å². The van der Waals surface area contributed by atoms with Gasteiger partial charge in [-0.05, 0) is 24.2 Å². The lowest BCUT2D eigenvalue weighted by Crippen LogP contribution is -2.36. The molecule has 1 nitrogen and oxygen atoms in total. The van der Waals surface area contributed by atoms with E-state index < -0.39 is 0 Å². The monoisotopic (exact) mass is 278 g/mol. The van der Waals surface area contributed by atoms with Crippen LogP contribution >= 0.6 is 22.6 Å². The second kappa shape index (κ2) is 2.46. The van der Waals surface area contributed by atoms with Gasteiger partial charge in [-0.2, -0.15) is 0 Å². The van der Waals surface area contributed by atoms with Crippen LogP contribution in [-0.2, 0) is 4.79 Å². The largest absolute Gasteiger partial charge is 0.299 e. The highest BCUT2D eigenvalue weighted by Crippen LogP contribution is 2.64. The van der Waals surface area contributed by atoms with Crippen molar-refractivity contribution in [3.05, 3.63) is 0 Å². The molecule has 3 atom stereocenters. The molecule has 2 heteroatoms. The lowest BCUT2D eigenvalue weighted by Gasteiger charge is -2.34. The number of alkyl halides is 1. The molecule has 0 aromatic rings. The molecule has 2 aliphatic carbocycles. The number of hydrogen-bond acceptors (Lipinski definition) is 1. The third kappa shape index (κ3) is 0.777. The Morgan fingerprint density at radius 2 is 2.25 bits per heavy atom. The van der Waals surface area contributed by atoms with Crippen molar-refractivity contribution in [2.45, 2.75) is 33.1 Å². The molecule has 68 valence electrons. The van der Waals surface area contributed by atoms with Crippen molar-refractivity contribution < 1.29 is 4.79 Å². The summed E-state index contributed by atoms with van der Waals surface area (Å²) >= 11 is 2.44. The van der Waals surface area contributed by atoms with Crippen molar-refractivity contribution in [3.8, 4) is 0 Å². The minimum Gasteiger partial charge on any atom is -0.299 e. The molecule has 0 amide bonds. The van der Waals surface area contributed by atoms with Crippen molar-refractivity contribution in [1.82, 2.24) is 0 Å². The van der Waals surface area contributed by atoms with Gasteiger partial charge in [-0.25, -0.2) is 0 Å². The molecular formula is C10H15IO. The molecule has 0 unspecified atom stereocenters. The Balaban J connectivity index is 2.44. The summed E-state index contributed by atoms with van der Waals surface area (Å²) in [5, 5.41) is 0. The third-order valence-corrected chi connectivity index (χ3v) is 6.06. The highest BCUT2D eigenvalue weighted by atomic mass is 127. The van der Waals surface area contributed by atoms with Crippen LogP contribution in [0.15, 0.2) is 0 Å². The summed E-state index contributed by atoms with van der Waals surface area (Å²) in [6.45, 7) is 4.49. The number of halogens is 1. The maximum absolute atomic E-state index is 11.7. The van der Waals surface area contributed by atoms with E-state index in [9.17, 15) is 4.79 Å². The lowest BCUT2D eigenvalue weighted by molar-refractivity contribution is -0.128. The van der Waals surface area contributed by atoms with Crippen LogP contribution < -0.4 is 0 Å². The highest BCUT2D eigenvalue weighted by Gasteiger charge is 2.63. The third-order valence-electron chi connectivity index (χ3n) is 4.48. The molecule has 0 heterocycles. The van der Waals surface area contributed by atoms with Gasteiger partial charge < -0.3 is 0 Å². The van der Waals surface area contributed by atoms with E-state index in [2.05, 4.69) is 36.4 Å². The fourth-order valence-corrected chi connectivity index (χ4v) is 4.47. The van der Waals surface area contributed by atoms with E-state index in [1.807, 2.05) is 0 Å². The molecule has 0 aromatic heterocycles. The molecule has 12 heavy (non-hydrogen) atoms. The molecule has 0 radical (unpaired) electrons. The fourth-order valence-electron chi connectivity index (χ4n) is 3.01. The summed E-state index contributed by atoms with van der Waals surface area (Å²) in [5.74, 6) is 1.21. The lowest BCUT2D eigenvalue weighted by atomic mass is 9.70. The maximum Gasteiger partial charge on any atom is 0.139 e. The number of carbonyl (C=O) groups excluding carboxylic acids is 1. The Labute approximate surface area is 87.4 Å². The molecule has 0 spiro atoms. The normalized spacial score (nSPS) is 51.9. The van der Waals surface area contributed by atoms with Crippen LogP contribution in [0.4, 0.5) is 0 Å². The van der Waals surface area contributed by atoms with Crippen molar-refractivity contribution in [2.75, 3.05) is 4.43 Å². The van der Waals surface area contributed by atoms with E-state index in [0.717, 1.165) is 17.3 Å². The first kappa shape index (κ1) is 8.97. The molecule has 2 aliphatic rings. The van der Waals surface area contributed by atoms with E-state index >= 15 is 0 Å². The Hall–Kier alpha value is 0.400. The number of rotatable bonds is 1. The van der Waals surface area contributed by atoms with Gasteiger partial charge in [0, 0.05) is 16.3 Å². The smallest absolute Gasteiger partial charge is 0.139 e. The number of carbonyl (C=O) groups is 1. The van der Waals surface area contributed by atoms with Gasteiger partial charge in [-0.3, -0.25) is 4.79 Å². The Morgan fingerprint density at radius 3 is 2.50 bits per heavy atom. The molecule has 2 rings (SSSR count). The highest BCUT2D eigenvalue weighted by molar-refractivity contribution is 14.1. The molecule has 2 bridgehead atoms. The first-order valence-electron chi connectivity index (χ1n) is 4.64. The molecule has 0 aliphatic heterocycles. The Bertz CT molecular complexity index is 238. The molecule has 0 saturated heterocycles. The van der Waals surface area contributed by atoms with Crippen LogP contribution in [0.25, 0.3) is 0 Å². The summed E-state index contributed by atoms with van der Waals surface area (Å²) in [6.07, 6.45) is 3.27. The van der Waals surface area contributed by atoms with Gasteiger partial charge in [0.2, 0.25) is 0 Å². The Morgan fingerprint density at radius 1 is 1.58 bits per heavy atom. The molecule has 0 N–H and O–H groups in total. The molecular weight excluding hydrogens is 263 g/mol. The summed E-state index contributed by atoms with van der Waals surface area (Å²) in [7, 11) is 0. The molecule has 2 fully saturated rings. The van der Waals surface area contributed by atoms with Crippen LogP contribution in [0.2, 0.25) is 0 Å². The summed E-state index contributed by atoms with van der Waals surface area (Å²) in [6, 6.07) is 0. The summed E-state index contributed by atoms with van der Waals surface area (Å²) < 4.78 is 1.14. The quantitative estimate of drug-likeness (QED) is 0.532. The van der Waals surface area contributed by atoms with Gasteiger partial charge in [-0.1, -0.05) is 36.4 Å². The number of Topliss-reactive ketones (excluding diaryl/α,β-unsaturated/α-hetero) is 1. The Kier molecular flexibility index (Phi) is 1.84. The van der Waals surface area contributed by atoms with Crippen LogP contribution in [0.1, 0.15) is 33.1 Å². The maximum atomic E-state index is 11.7. The van der Waals surface area contributed by atoms with E-state index in [1.54, 1.807) is 0 Å². The van der Waals surface area contributed by atoms with Crippen LogP contribution in [0.3, 0.4) is 0 Å². The van der Waals surface area contributed by atoms with Crippen molar-refractivity contribution >= 4 is 28.4 Å². The zero-order valence-corrected chi connectivity index (χ0v) is 9.85. The predicted octanol–water partition coefficient (Wildman–Crippen LogP) is 2.82. The van der Waals surface area contributed by atoms with Gasteiger partial charge in [0.05, 0.1) is 0 Å². The van der Waals surface area contributed by atoms with Crippen LogP contribution in [0, 0.1) is 16.7 Å². The minimum atomic E-state index is 0.0266. The van der Waals surface area contributed by atoms with E-state index in [1.165, 1.54) is 6.42 Å². The van der Waals surface area contributed by atoms with Gasteiger partial charge >= 0.3 is 0 Å². The standard InChI is InChI=1S/C10H15IO/c1-9-4-3-7(5-8(9)12)10(9,2)6-11/h7H,3-6H2,1-2H3/t7-,9+,10-/m1/s1. The van der Waals surface area contributed by atoms with E-state index in [4.69, 9.17) is 0 Å². The zero-order chi connectivity index (χ0) is 8.98. The number of ketones is 1. The SMILES string of the molecule is C[C@]12CC[C@H](CC1=O)[C@@]2(C)CI. The van der Waals surface area contributed by atoms with Crippen molar-refractivity contribution in [2.24, 2.45) is 16.7 Å². The topological polar surface area (TPSA) is 17.1 Å². The summed E-state index contributed by atoms with van der Waals surface area (Å²) in [5.41, 5.74) is 0.337. The second-order valence-electron chi connectivity index (χ2n) is 4.75. The first-order chi connectivity index (χ1) is 5.54. The van der Waals surface area contributed by atoms with Gasteiger partial charge in [0.1, 0.15) is 5.78 Å². The first-order valence-corrected chi connectivity index (χ1v) is 6.16. The van der Waals surface area contributed by atoms with Gasteiger partial charge in [0.15, 0.2) is 0 Å². The minimum absolute atomic E-state index is 0.0266. The second-order valence-corrected chi connectivity index (χ2v) is 5.51. The van der Waals surface area contributed by atoms with Crippen molar-refractivity contribution in [3.63, 3.8) is 0 Å². The van der Waals surface area contributed by atoms with Gasteiger partial charge in [0.25, 0.3) is 0 Å².